The van der Waals surface area contributed by atoms with Crippen LogP contribution in [0.25, 0.3) is 22.3 Å². The summed E-state index contributed by atoms with van der Waals surface area (Å²) < 4.78 is 0. The van der Waals surface area contributed by atoms with E-state index in [9.17, 15) is 0 Å². The van der Waals surface area contributed by atoms with Gasteiger partial charge >= 0.3 is 0 Å². The average Bonchev–Trinajstić information content (AvgIpc) is 2.61. The fourth-order valence-electron chi connectivity index (χ4n) is 3.19. The highest BCUT2D eigenvalue weighted by Gasteiger charge is 2.19. The van der Waals surface area contributed by atoms with Crippen molar-refractivity contribution in [3.05, 3.63) is 78.4 Å². The van der Waals surface area contributed by atoms with E-state index in [0.29, 0.717) is 0 Å². The van der Waals surface area contributed by atoms with Gasteiger partial charge in [-0.05, 0) is 39.3 Å². The molecular weight excluding hydrogens is 328 g/mol. The summed E-state index contributed by atoms with van der Waals surface area (Å²) in [5.74, 6) is 0. The Morgan fingerprint density at radius 1 is 0.577 bits per heavy atom. The van der Waals surface area contributed by atoms with Crippen LogP contribution in [0.2, 0.25) is 19.6 Å². The molecule has 26 heavy (non-hydrogen) atoms. The maximum atomic E-state index is 2.42. The minimum absolute atomic E-state index is 0.161. The van der Waals surface area contributed by atoms with Crippen molar-refractivity contribution in [1.82, 2.24) is 0 Å². The third kappa shape index (κ3) is 4.16. The second-order valence-electron chi connectivity index (χ2n) is 9.25. The molecule has 0 saturated heterocycles. The Kier molecular flexibility index (Phi) is 4.94. The highest BCUT2D eigenvalue weighted by atomic mass is 28.3. The minimum atomic E-state index is -1.41. The quantitative estimate of drug-likeness (QED) is 0.448. The van der Waals surface area contributed by atoms with Gasteiger partial charge in [0.15, 0.2) is 0 Å². The molecule has 0 unspecified atom stereocenters. The zero-order valence-electron chi connectivity index (χ0n) is 16.9. The highest BCUT2D eigenvalue weighted by Crippen LogP contribution is 2.30. The van der Waals surface area contributed by atoms with Crippen molar-refractivity contribution < 1.29 is 0 Å². The largest absolute Gasteiger partial charge is 0.0776 e. The zero-order valence-corrected chi connectivity index (χ0v) is 17.9. The Morgan fingerprint density at radius 3 is 1.73 bits per heavy atom. The third-order valence-corrected chi connectivity index (χ3v) is 6.99. The smallest absolute Gasteiger partial charge is 0.0656 e. The van der Waals surface area contributed by atoms with Crippen molar-refractivity contribution >= 4 is 13.3 Å². The van der Waals surface area contributed by atoms with E-state index in [0.717, 1.165) is 0 Å². The molecule has 0 atom stereocenters. The summed E-state index contributed by atoms with van der Waals surface area (Å²) in [6.07, 6.45) is 0. The topological polar surface area (TPSA) is 0 Å². The Bertz CT molecular complexity index is 893. The van der Waals surface area contributed by atoms with E-state index in [1.165, 1.54) is 33.0 Å². The molecule has 0 heterocycles. The predicted molar refractivity (Wildman–Crippen MR) is 119 cm³/mol. The van der Waals surface area contributed by atoms with E-state index in [1.54, 1.807) is 0 Å². The lowest BCUT2D eigenvalue weighted by Crippen LogP contribution is -2.37. The van der Waals surface area contributed by atoms with E-state index in [1.807, 2.05) is 0 Å². The van der Waals surface area contributed by atoms with E-state index in [-0.39, 0.29) is 5.41 Å². The molecule has 1 heteroatoms. The molecule has 0 aliphatic rings. The van der Waals surface area contributed by atoms with Crippen molar-refractivity contribution in [3.8, 4) is 22.3 Å². The lowest BCUT2D eigenvalue weighted by atomic mass is 9.85. The van der Waals surface area contributed by atoms with Gasteiger partial charge in [-0.25, -0.2) is 0 Å². The molecule has 0 fully saturated rings. The van der Waals surface area contributed by atoms with Crippen LogP contribution in [0.15, 0.2) is 72.8 Å². The van der Waals surface area contributed by atoms with Crippen LogP contribution in [0.3, 0.4) is 0 Å². The van der Waals surface area contributed by atoms with Gasteiger partial charge in [0.2, 0.25) is 0 Å². The molecule has 3 rings (SSSR count). The lowest BCUT2D eigenvalue weighted by Gasteiger charge is -2.22. The number of hydrogen-bond donors (Lipinski definition) is 0. The van der Waals surface area contributed by atoms with Crippen LogP contribution in [0.5, 0.6) is 0 Å². The Labute approximate surface area is 159 Å². The Hall–Kier alpha value is -2.12. The van der Waals surface area contributed by atoms with Gasteiger partial charge in [-0.15, -0.1) is 0 Å². The van der Waals surface area contributed by atoms with Crippen LogP contribution in [0.4, 0.5) is 0 Å². The van der Waals surface area contributed by atoms with Crippen molar-refractivity contribution in [2.75, 3.05) is 0 Å². The lowest BCUT2D eigenvalue weighted by molar-refractivity contribution is 0.590. The summed E-state index contributed by atoms with van der Waals surface area (Å²) in [7, 11) is -1.41. The first-order chi connectivity index (χ1) is 12.1. The summed E-state index contributed by atoms with van der Waals surface area (Å²) in [6.45, 7) is 14.1. The first-order valence-corrected chi connectivity index (χ1v) is 13.0. The van der Waals surface area contributed by atoms with E-state index in [4.69, 9.17) is 0 Å². The van der Waals surface area contributed by atoms with Crippen LogP contribution < -0.4 is 5.19 Å². The number of hydrogen-bond acceptors (Lipinski definition) is 0. The monoisotopic (exact) mass is 358 g/mol. The summed E-state index contributed by atoms with van der Waals surface area (Å²) in [6, 6.07) is 26.9. The second-order valence-corrected chi connectivity index (χ2v) is 14.3. The molecule has 0 amide bonds. The van der Waals surface area contributed by atoms with Gasteiger partial charge in [0.05, 0.1) is 8.07 Å². The van der Waals surface area contributed by atoms with Crippen LogP contribution >= 0.6 is 0 Å². The van der Waals surface area contributed by atoms with Crippen molar-refractivity contribution in [2.24, 2.45) is 0 Å². The van der Waals surface area contributed by atoms with Crippen LogP contribution in [0.1, 0.15) is 26.3 Å². The number of rotatable bonds is 3. The van der Waals surface area contributed by atoms with Gasteiger partial charge in [0, 0.05) is 0 Å². The number of benzene rings is 3. The molecule has 3 aromatic rings. The van der Waals surface area contributed by atoms with Gasteiger partial charge < -0.3 is 0 Å². The molecule has 0 saturated carbocycles. The second kappa shape index (κ2) is 6.89. The van der Waals surface area contributed by atoms with Crippen molar-refractivity contribution in [2.45, 2.75) is 45.8 Å². The van der Waals surface area contributed by atoms with Gasteiger partial charge in [0.1, 0.15) is 0 Å². The normalized spacial score (nSPS) is 12.2. The molecule has 134 valence electrons. The van der Waals surface area contributed by atoms with E-state index >= 15 is 0 Å². The first kappa shape index (κ1) is 18.7. The molecular formula is C25H30Si. The fourth-order valence-corrected chi connectivity index (χ4v) is 4.37. The Morgan fingerprint density at radius 2 is 1.15 bits per heavy atom. The molecule has 3 aromatic carbocycles. The Balaban J connectivity index is 2.19. The summed E-state index contributed by atoms with van der Waals surface area (Å²) in [5, 5.41) is 1.51. The highest BCUT2D eigenvalue weighted by molar-refractivity contribution is 6.88. The molecule has 0 aromatic heterocycles. The van der Waals surface area contributed by atoms with Crippen LogP contribution in [0, 0.1) is 0 Å². The molecule has 0 aliphatic heterocycles. The van der Waals surface area contributed by atoms with Gasteiger partial charge in [-0.2, -0.15) is 0 Å². The average molecular weight is 359 g/mol. The van der Waals surface area contributed by atoms with Crippen LogP contribution in [-0.4, -0.2) is 8.07 Å². The minimum Gasteiger partial charge on any atom is -0.0656 e. The van der Waals surface area contributed by atoms with Gasteiger partial charge in [-0.1, -0.05) is 112 Å². The van der Waals surface area contributed by atoms with Gasteiger partial charge in [-0.3, -0.25) is 0 Å². The fraction of sp³-hybridized carbons (Fsp3) is 0.280. The third-order valence-electron chi connectivity index (χ3n) is 4.97. The maximum Gasteiger partial charge on any atom is 0.0776 e. The van der Waals surface area contributed by atoms with Crippen molar-refractivity contribution in [3.63, 3.8) is 0 Å². The molecule has 0 radical (unpaired) electrons. The molecule has 0 nitrogen and oxygen atoms in total. The molecule has 0 aliphatic carbocycles. The molecule has 0 bridgehead atoms. The zero-order chi connectivity index (χ0) is 18.9. The van der Waals surface area contributed by atoms with Gasteiger partial charge in [0.25, 0.3) is 0 Å². The summed E-state index contributed by atoms with van der Waals surface area (Å²) in [5.41, 5.74) is 6.80. The molecule has 0 spiro atoms. The van der Waals surface area contributed by atoms with Crippen molar-refractivity contribution in [1.29, 1.82) is 0 Å². The van der Waals surface area contributed by atoms with E-state index < -0.39 is 8.07 Å². The summed E-state index contributed by atoms with van der Waals surface area (Å²) in [4.78, 5) is 0. The first-order valence-electron chi connectivity index (χ1n) is 9.46. The standard InChI is InChI=1S/C25H30Si/c1-25(2,3)23-14-10-13-20(16-23)22-15-21(19-11-8-7-9-12-19)17-24(18-22)26(4,5)6/h7-18H,1-6H3. The van der Waals surface area contributed by atoms with Crippen LogP contribution in [-0.2, 0) is 5.41 Å². The predicted octanol–water partition coefficient (Wildman–Crippen LogP) is 6.86. The summed E-state index contributed by atoms with van der Waals surface area (Å²) >= 11 is 0. The maximum absolute atomic E-state index is 2.42. The SMILES string of the molecule is CC(C)(C)c1cccc(-c2cc(-c3ccccc3)cc([Si](C)(C)C)c2)c1. The van der Waals surface area contributed by atoms with E-state index in [2.05, 4.69) is 113 Å². The molecule has 0 N–H and O–H groups in total.